The van der Waals surface area contributed by atoms with Gasteiger partial charge in [-0.3, -0.25) is 5.41 Å². The number of nitrogens with two attached hydrogens (primary N) is 1. The van der Waals surface area contributed by atoms with E-state index in [1.807, 2.05) is 25.1 Å². The molecule has 18 heavy (non-hydrogen) atoms. The average molecular weight is 249 g/mol. The van der Waals surface area contributed by atoms with Crippen LogP contribution in [0.4, 0.5) is 0 Å². The van der Waals surface area contributed by atoms with E-state index in [1.165, 1.54) is 0 Å². The zero-order chi connectivity index (χ0) is 13.5. The first kappa shape index (κ1) is 14.5. The Bertz CT molecular complexity index is 400. The van der Waals surface area contributed by atoms with Crippen molar-refractivity contribution in [3.63, 3.8) is 0 Å². The molecule has 1 aromatic carbocycles. The van der Waals surface area contributed by atoms with E-state index in [0.29, 0.717) is 17.9 Å². The average Bonchev–Trinajstić information content (AvgIpc) is 2.34. The predicted molar refractivity (Wildman–Crippen MR) is 75.5 cm³/mol. The van der Waals surface area contributed by atoms with Crippen molar-refractivity contribution in [1.82, 2.24) is 4.90 Å². The summed E-state index contributed by atoms with van der Waals surface area (Å²) >= 11 is 0. The third kappa shape index (κ3) is 4.04. The predicted octanol–water partition coefficient (Wildman–Crippen LogP) is 2.00. The number of nitrogen functional groups attached to an aromatic ring is 1. The monoisotopic (exact) mass is 249 g/mol. The van der Waals surface area contributed by atoms with E-state index >= 15 is 0 Å². The standard InChI is InChI=1S/C14H23N3O/c1-4-17(5-2)8-9-18-13-10-11(3)6-7-12(13)14(15)16/h6-7,10H,4-5,8-9H2,1-3H3,(H3,15,16). The minimum atomic E-state index is 0.0489. The molecule has 0 radical (unpaired) electrons. The van der Waals surface area contributed by atoms with Gasteiger partial charge < -0.3 is 15.4 Å². The fourth-order valence-electron chi connectivity index (χ4n) is 1.80. The van der Waals surface area contributed by atoms with Crippen LogP contribution in [0, 0.1) is 12.3 Å². The zero-order valence-electron chi connectivity index (χ0n) is 11.5. The quantitative estimate of drug-likeness (QED) is 0.574. The summed E-state index contributed by atoms with van der Waals surface area (Å²) < 4.78 is 5.75. The largest absolute Gasteiger partial charge is 0.491 e. The molecule has 0 bridgehead atoms. The van der Waals surface area contributed by atoms with Crippen LogP contribution in [-0.4, -0.2) is 37.0 Å². The zero-order valence-corrected chi connectivity index (χ0v) is 11.5. The number of aryl methyl sites for hydroxylation is 1. The lowest BCUT2D eigenvalue weighted by atomic mass is 10.1. The lowest BCUT2D eigenvalue weighted by Gasteiger charge is -2.19. The molecule has 0 aliphatic carbocycles. The fraction of sp³-hybridized carbons (Fsp3) is 0.500. The van der Waals surface area contributed by atoms with E-state index < -0.39 is 0 Å². The van der Waals surface area contributed by atoms with Gasteiger partial charge in [0, 0.05) is 6.54 Å². The maximum atomic E-state index is 7.53. The number of nitrogens with one attached hydrogen (secondary N) is 1. The Morgan fingerprint density at radius 2 is 2.00 bits per heavy atom. The Morgan fingerprint density at radius 1 is 1.33 bits per heavy atom. The minimum absolute atomic E-state index is 0.0489. The molecule has 1 rings (SSSR count). The Morgan fingerprint density at radius 3 is 2.56 bits per heavy atom. The second-order valence-corrected chi connectivity index (χ2v) is 4.29. The fourth-order valence-corrected chi connectivity index (χ4v) is 1.80. The van der Waals surface area contributed by atoms with Crippen molar-refractivity contribution in [3.05, 3.63) is 29.3 Å². The molecule has 0 unspecified atom stereocenters. The van der Waals surface area contributed by atoms with Crippen LogP contribution in [0.2, 0.25) is 0 Å². The van der Waals surface area contributed by atoms with E-state index in [4.69, 9.17) is 15.9 Å². The van der Waals surface area contributed by atoms with Crippen LogP contribution < -0.4 is 10.5 Å². The molecule has 0 amide bonds. The topological polar surface area (TPSA) is 62.3 Å². The molecule has 4 nitrogen and oxygen atoms in total. The SMILES string of the molecule is CCN(CC)CCOc1cc(C)ccc1C(=N)N. The Kier molecular flexibility index (Phi) is 5.65. The first-order valence-corrected chi connectivity index (χ1v) is 6.38. The number of nitrogens with zero attached hydrogens (tertiary/aromatic N) is 1. The van der Waals surface area contributed by atoms with Crippen molar-refractivity contribution >= 4 is 5.84 Å². The second-order valence-electron chi connectivity index (χ2n) is 4.29. The van der Waals surface area contributed by atoms with Crippen LogP contribution in [0.25, 0.3) is 0 Å². The number of hydrogen-bond acceptors (Lipinski definition) is 3. The summed E-state index contributed by atoms with van der Waals surface area (Å²) in [5, 5.41) is 7.53. The van der Waals surface area contributed by atoms with Crippen molar-refractivity contribution in [2.45, 2.75) is 20.8 Å². The van der Waals surface area contributed by atoms with Gasteiger partial charge in [0.25, 0.3) is 0 Å². The molecule has 100 valence electrons. The van der Waals surface area contributed by atoms with Crippen LogP contribution in [-0.2, 0) is 0 Å². The van der Waals surface area contributed by atoms with Gasteiger partial charge in [-0.2, -0.15) is 0 Å². The molecule has 0 atom stereocenters. The highest BCUT2D eigenvalue weighted by molar-refractivity contribution is 5.97. The third-order valence-electron chi connectivity index (χ3n) is 2.99. The smallest absolute Gasteiger partial charge is 0.130 e. The number of rotatable bonds is 7. The first-order chi connectivity index (χ1) is 8.58. The van der Waals surface area contributed by atoms with Crippen LogP contribution in [0.1, 0.15) is 25.0 Å². The van der Waals surface area contributed by atoms with Crippen molar-refractivity contribution in [2.24, 2.45) is 5.73 Å². The summed E-state index contributed by atoms with van der Waals surface area (Å²) in [6, 6.07) is 5.71. The van der Waals surface area contributed by atoms with Gasteiger partial charge in [-0.25, -0.2) is 0 Å². The maximum Gasteiger partial charge on any atom is 0.130 e. The van der Waals surface area contributed by atoms with Gasteiger partial charge in [0.2, 0.25) is 0 Å². The van der Waals surface area contributed by atoms with E-state index in [0.717, 1.165) is 25.2 Å². The molecule has 4 heteroatoms. The molecule has 0 heterocycles. The second kappa shape index (κ2) is 7.01. The van der Waals surface area contributed by atoms with Crippen LogP contribution in [0.3, 0.4) is 0 Å². The Hall–Kier alpha value is -1.55. The van der Waals surface area contributed by atoms with Gasteiger partial charge in [-0.1, -0.05) is 19.9 Å². The summed E-state index contributed by atoms with van der Waals surface area (Å²) in [7, 11) is 0. The van der Waals surface area contributed by atoms with Gasteiger partial charge in [0.1, 0.15) is 18.2 Å². The number of benzene rings is 1. The van der Waals surface area contributed by atoms with Crippen molar-refractivity contribution in [3.8, 4) is 5.75 Å². The third-order valence-corrected chi connectivity index (χ3v) is 2.99. The van der Waals surface area contributed by atoms with E-state index in [1.54, 1.807) is 0 Å². The normalized spacial score (nSPS) is 10.7. The highest BCUT2D eigenvalue weighted by Gasteiger charge is 2.07. The number of amidine groups is 1. The van der Waals surface area contributed by atoms with Crippen molar-refractivity contribution in [2.75, 3.05) is 26.2 Å². The van der Waals surface area contributed by atoms with Gasteiger partial charge in [-0.15, -0.1) is 0 Å². The van der Waals surface area contributed by atoms with E-state index in [9.17, 15) is 0 Å². The van der Waals surface area contributed by atoms with Gasteiger partial charge in [0.05, 0.1) is 5.56 Å². The maximum absolute atomic E-state index is 7.53. The highest BCUT2D eigenvalue weighted by Crippen LogP contribution is 2.19. The summed E-state index contributed by atoms with van der Waals surface area (Å²) in [5.74, 6) is 0.752. The number of ether oxygens (including phenoxy) is 1. The summed E-state index contributed by atoms with van der Waals surface area (Å²) in [6.07, 6.45) is 0. The highest BCUT2D eigenvalue weighted by atomic mass is 16.5. The summed E-state index contributed by atoms with van der Waals surface area (Å²) in [4.78, 5) is 2.29. The lowest BCUT2D eigenvalue weighted by molar-refractivity contribution is 0.222. The minimum Gasteiger partial charge on any atom is -0.491 e. The van der Waals surface area contributed by atoms with Crippen molar-refractivity contribution in [1.29, 1.82) is 5.41 Å². The molecular formula is C14H23N3O. The summed E-state index contributed by atoms with van der Waals surface area (Å²) in [6.45, 7) is 9.82. The van der Waals surface area contributed by atoms with Crippen LogP contribution >= 0.6 is 0 Å². The molecule has 0 spiro atoms. The lowest BCUT2D eigenvalue weighted by Crippen LogP contribution is -2.28. The summed E-state index contributed by atoms with van der Waals surface area (Å²) in [5.41, 5.74) is 7.32. The molecule has 3 N–H and O–H groups in total. The van der Waals surface area contributed by atoms with E-state index in [-0.39, 0.29) is 5.84 Å². The molecule has 0 fully saturated rings. The van der Waals surface area contributed by atoms with Crippen LogP contribution in [0.5, 0.6) is 5.75 Å². The molecular weight excluding hydrogens is 226 g/mol. The number of likely N-dealkylation sites (N-methyl/N-ethyl adjacent to an activating group) is 1. The molecule has 0 aliphatic heterocycles. The molecule has 0 saturated heterocycles. The van der Waals surface area contributed by atoms with Gasteiger partial charge in [0.15, 0.2) is 0 Å². The van der Waals surface area contributed by atoms with E-state index in [2.05, 4.69) is 18.7 Å². The Balaban J connectivity index is 2.66. The number of hydrogen-bond donors (Lipinski definition) is 2. The molecule has 1 aromatic rings. The van der Waals surface area contributed by atoms with Gasteiger partial charge in [-0.05, 0) is 37.7 Å². The van der Waals surface area contributed by atoms with Gasteiger partial charge >= 0.3 is 0 Å². The molecule has 0 saturated carbocycles. The van der Waals surface area contributed by atoms with Crippen LogP contribution in [0.15, 0.2) is 18.2 Å². The Labute approximate surface area is 109 Å². The van der Waals surface area contributed by atoms with Crippen molar-refractivity contribution < 1.29 is 4.74 Å². The molecule has 0 aliphatic rings. The molecule has 0 aromatic heterocycles. The first-order valence-electron chi connectivity index (χ1n) is 6.38.